The molecular weight excluding hydrogens is 414 g/mol. The van der Waals surface area contributed by atoms with E-state index >= 15 is 0 Å². The summed E-state index contributed by atoms with van der Waals surface area (Å²) < 4.78 is 104. The van der Waals surface area contributed by atoms with Crippen LogP contribution in [0.1, 0.15) is 11.1 Å². The summed E-state index contributed by atoms with van der Waals surface area (Å²) in [6.07, 6.45) is -6.83. The van der Waals surface area contributed by atoms with Crippen LogP contribution in [0.25, 0.3) is 17.5 Å². The van der Waals surface area contributed by atoms with Crippen LogP contribution in [0.3, 0.4) is 0 Å². The Morgan fingerprint density at radius 2 is 1.55 bits per heavy atom. The van der Waals surface area contributed by atoms with Gasteiger partial charge < -0.3 is 4.90 Å². The van der Waals surface area contributed by atoms with Gasteiger partial charge in [-0.1, -0.05) is 0 Å². The standard InChI is InChI=1S/C17H11F8N3O/c18-15(19)8-27(9-15)14(29)2-4-28-3-1-13(26-28)10-5-11(16(20,21)22)7-12(6-10)17(23,24)25/h1-7H,8-9H2/b4-2-. The van der Waals surface area contributed by atoms with Crippen molar-refractivity contribution in [2.75, 3.05) is 13.1 Å². The zero-order valence-corrected chi connectivity index (χ0v) is 14.2. The van der Waals surface area contributed by atoms with Gasteiger partial charge in [-0.25, -0.2) is 13.5 Å². The highest BCUT2D eigenvalue weighted by molar-refractivity contribution is 5.90. The third-order valence-electron chi connectivity index (χ3n) is 4.02. The fourth-order valence-corrected chi connectivity index (χ4v) is 2.59. The van der Waals surface area contributed by atoms with Gasteiger partial charge in [0.25, 0.3) is 5.92 Å². The van der Waals surface area contributed by atoms with E-state index in [4.69, 9.17) is 0 Å². The van der Waals surface area contributed by atoms with Crippen molar-refractivity contribution in [3.63, 3.8) is 0 Å². The fourth-order valence-electron chi connectivity index (χ4n) is 2.59. The summed E-state index contributed by atoms with van der Waals surface area (Å²) in [5, 5.41) is 3.81. The zero-order valence-electron chi connectivity index (χ0n) is 14.2. The van der Waals surface area contributed by atoms with Gasteiger partial charge in [0, 0.05) is 24.0 Å². The van der Waals surface area contributed by atoms with Crippen LogP contribution in [-0.4, -0.2) is 39.6 Å². The SMILES string of the molecule is O=C(/C=C\n1ccc(-c2cc(C(F)(F)F)cc(C(F)(F)F)c2)n1)N1CC(F)(F)C1. The van der Waals surface area contributed by atoms with E-state index in [0.29, 0.717) is 12.1 Å². The van der Waals surface area contributed by atoms with Crippen molar-refractivity contribution in [1.82, 2.24) is 14.7 Å². The second-order valence-corrected chi connectivity index (χ2v) is 6.34. The first-order chi connectivity index (χ1) is 13.2. The third-order valence-corrected chi connectivity index (χ3v) is 4.02. The largest absolute Gasteiger partial charge is 0.416 e. The predicted octanol–water partition coefficient (Wildman–Crippen LogP) is 4.54. The molecule has 1 amide bonds. The number of hydrogen-bond donors (Lipinski definition) is 0. The highest BCUT2D eigenvalue weighted by Crippen LogP contribution is 2.38. The van der Waals surface area contributed by atoms with Gasteiger partial charge in [-0.15, -0.1) is 0 Å². The quantitative estimate of drug-likeness (QED) is 0.535. The molecule has 156 valence electrons. The van der Waals surface area contributed by atoms with Crippen molar-refractivity contribution >= 4 is 12.1 Å². The fraction of sp³-hybridized carbons (Fsp3) is 0.294. The number of nitrogens with zero attached hydrogens (tertiary/aromatic N) is 3. The van der Waals surface area contributed by atoms with Crippen LogP contribution in [0.15, 0.2) is 36.5 Å². The first-order valence-corrected chi connectivity index (χ1v) is 7.95. The number of rotatable bonds is 3. The number of likely N-dealkylation sites (tertiary alicyclic amines) is 1. The van der Waals surface area contributed by atoms with Crippen molar-refractivity contribution < 1.29 is 39.9 Å². The molecule has 2 aromatic rings. The molecule has 0 bridgehead atoms. The molecule has 4 nitrogen and oxygen atoms in total. The minimum Gasteiger partial charge on any atom is -0.327 e. The molecule has 0 atom stereocenters. The van der Waals surface area contributed by atoms with Crippen LogP contribution in [0.2, 0.25) is 0 Å². The molecule has 29 heavy (non-hydrogen) atoms. The molecule has 0 unspecified atom stereocenters. The normalized spacial score (nSPS) is 16.9. The van der Waals surface area contributed by atoms with Crippen LogP contribution < -0.4 is 0 Å². The molecule has 1 saturated heterocycles. The van der Waals surface area contributed by atoms with E-state index in [2.05, 4.69) is 5.10 Å². The van der Waals surface area contributed by atoms with Crippen LogP contribution in [0, 0.1) is 0 Å². The zero-order chi connectivity index (χ0) is 21.6. The number of hydrogen-bond acceptors (Lipinski definition) is 2. The molecule has 2 heterocycles. The number of carbonyl (C=O) groups is 1. The molecule has 3 rings (SSSR count). The third kappa shape index (κ3) is 4.74. The summed E-state index contributed by atoms with van der Waals surface area (Å²) in [5.41, 5.74) is -3.59. The molecule has 0 aliphatic carbocycles. The smallest absolute Gasteiger partial charge is 0.327 e. The van der Waals surface area contributed by atoms with Gasteiger partial charge in [-0.2, -0.15) is 31.4 Å². The van der Waals surface area contributed by atoms with Crippen LogP contribution >= 0.6 is 0 Å². The van der Waals surface area contributed by atoms with Gasteiger partial charge in [0.15, 0.2) is 0 Å². The van der Waals surface area contributed by atoms with Crippen molar-refractivity contribution in [2.24, 2.45) is 0 Å². The van der Waals surface area contributed by atoms with Gasteiger partial charge in [0.05, 0.1) is 29.9 Å². The Labute approximate surface area is 158 Å². The first-order valence-electron chi connectivity index (χ1n) is 7.95. The lowest BCUT2D eigenvalue weighted by Crippen LogP contribution is -2.58. The van der Waals surface area contributed by atoms with Gasteiger partial charge in [-0.05, 0) is 24.3 Å². The molecule has 0 spiro atoms. The number of amides is 1. The second kappa shape index (κ2) is 6.85. The monoisotopic (exact) mass is 425 g/mol. The average Bonchev–Trinajstić information content (AvgIpc) is 3.04. The number of halogens is 8. The van der Waals surface area contributed by atoms with E-state index in [1.807, 2.05) is 0 Å². The summed E-state index contributed by atoms with van der Waals surface area (Å²) >= 11 is 0. The summed E-state index contributed by atoms with van der Waals surface area (Å²) in [6, 6.07) is 2.21. The maximum absolute atomic E-state index is 12.9. The molecule has 1 aromatic heterocycles. The first kappa shape index (κ1) is 20.8. The maximum Gasteiger partial charge on any atom is 0.416 e. The molecule has 1 aromatic carbocycles. The Bertz CT molecular complexity index is 918. The maximum atomic E-state index is 12.9. The highest BCUT2D eigenvalue weighted by Gasteiger charge is 2.45. The van der Waals surface area contributed by atoms with Crippen LogP contribution in [0.4, 0.5) is 35.1 Å². The van der Waals surface area contributed by atoms with Crippen LogP contribution in [0.5, 0.6) is 0 Å². The Kier molecular flexibility index (Phi) is 4.91. The highest BCUT2D eigenvalue weighted by atomic mass is 19.4. The number of aromatic nitrogens is 2. The molecule has 0 radical (unpaired) electrons. The lowest BCUT2D eigenvalue weighted by Gasteiger charge is -2.37. The van der Waals surface area contributed by atoms with Crippen molar-refractivity contribution in [3.05, 3.63) is 47.7 Å². The van der Waals surface area contributed by atoms with E-state index in [1.54, 1.807) is 0 Å². The summed E-state index contributed by atoms with van der Waals surface area (Å²) in [6.45, 7) is -1.46. The Balaban J connectivity index is 1.84. The molecule has 1 aliphatic rings. The number of alkyl halides is 8. The predicted molar refractivity (Wildman–Crippen MR) is 84.5 cm³/mol. The van der Waals surface area contributed by atoms with Crippen molar-refractivity contribution in [2.45, 2.75) is 18.3 Å². The average molecular weight is 425 g/mol. The van der Waals surface area contributed by atoms with Gasteiger partial charge in [0.2, 0.25) is 5.91 Å². The molecule has 12 heteroatoms. The Morgan fingerprint density at radius 3 is 2.03 bits per heavy atom. The van der Waals surface area contributed by atoms with Crippen LogP contribution in [-0.2, 0) is 17.1 Å². The van der Waals surface area contributed by atoms with Crippen molar-refractivity contribution in [3.8, 4) is 11.3 Å². The minimum atomic E-state index is -5.00. The lowest BCUT2D eigenvalue weighted by atomic mass is 10.0. The second-order valence-electron chi connectivity index (χ2n) is 6.34. The minimum absolute atomic E-state index is 0.00189. The molecule has 0 N–H and O–H groups in total. The van der Waals surface area contributed by atoms with Gasteiger partial charge in [0.1, 0.15) is 0 Å². The number of carbonyl (C=O) groups excluding carboxylic acids is 1. The molecular formula is C17H11F8N3O. The lowest BCUT2D eigenvalue weighted by molar-refractivity contribution is -0.160. The van der Waals surface area contributed by atoms with Crippen molar-refractivity contribution in [1.29, 1.82) is 0 Å². The van der Waals surface area contributed by atoms with E-state index in [0.717, 1.165) is 27.9 Å². The molecule has 1 fully saturated rings. The molecule has 0 saturated carbocycles. The van der Waals surface area contributed by atoms with Gasteiger partial charge >= 0.3 is 12.4 Å². The summed E-state index contributed by atoms with van der Waals surface area (Å²) in [7, 11) is 0. The van der Waals surface area contributed by atoms with E-state index in [-0.39, 0.29) is 11.8 Å². The van der Waals surface area contributed by atoms with E-state index < -0.39 is 54.0 Å². The Morgan fingerprint density at radius 1 is 1.00 bits per heavy atom. The summed E-state index contributed by atoms with van der Waals surface area (Å²) in [4.78, 5) is 12.6. The number of benzene rings is 1. The molecule has 1 aliphatic heterocycles. The van der Waals surface area contributed by atoms with E-state index in [1.165, 1.54) is 6.20 Å². The van der Waals surface area contributed by atoms with Gasteiger partial charge in [-0.3, -0.25) is 4.79 Å². The van der Waals surface area contributed by atoms with E-state index in [9.17, 15) is 39.9 Å². The topological polar surface area (TPSA) is 38.1 Å². The Hall–Kier alpha value is -2.92. The summed E-state index contributed by atoms with van der Waals surface area (Å²) in [5.74, 6) is -3.67.